The number of aromatic nitrogens is 1. The highest BCUT2D eigenvalue weighted by Crippen LogP contribution is 2.35. The Kier molecular flexibility index (Phi) is 5.89. The highest BCUT2D eigenvalue weighted by molar-refractivity contribution is 8.00. The van der Waals surface area contributed by atoms with Gasteiger partial charge in [0.1, 0.15) is 5.25 Å². The van der Waals surface area contributed by atoms with Gasteiger partial charge in [-0.2, -0.15) is 13.2 Å². The van der Waals surface area contributed by atoms with Crippen molar-refractivity contribution in [2.75, 3.05) is 5.32 Å². The van der Waals surface area contributed by atoms with Crippen LogP contribution in [0.3, 0.4) is 0 Å². The molecule has 2 aromatic carbocycles. The number of nitrogens with one attached hydrogen (secondary N) is 1. The van der Waals surface area contributed by atoms with E-state index in [1.54, 1.807) is 48.5 Å². The zero-order valence-electron chi connectivity index (χ0n) is 14.4. The van der Waals surface area contributed by atoms with Gasteiger partial charge >= 0.3 is 6.18 Å². The second-order valence-corrected chi connectivity index (χ2v) is 6.99. The second kappa shape index (κ2) is 8.35. The number of alkyl halides is 3. The number of pyridine rings is 1. The summed E-state index contributed by atoms with van der Waals surface area (Å²) in [4.78, 5) is 12.9. The number of hydrogen-bond acceptors (Lipinski definition) is 3. The Labute approximate surface area is 163 Å². The van der Waals surface area contributed by atoms with Gasteiger partial charge in [0, 0.05) is 22.6 Å². The lowest BCUT2D eigenvalue weighted by Crippen LogP contribution is -2.32. The standard InChI is InChI=1S/C20H15F3N2O2S/c21-20(22,23)15-9-6-10-16(13-15)24-19(26)18(14-7-2-1-3-8-14)28-17-11-4-5-12-25(17)27/h1-13,18H,(H-,24,26,27)/p+1. The van der Waals surface area contributed by atoms with E-state index < -0.39 is 22.9 Å². The van der Waals surface area contributed by atoms with E-state index in [0.717, 1.165) is 28.6 Å². The molecule has 0 saturated heterocycles. The molecule has 1 amide bonds. The summed E-state index contributed by atoms with van der Waals surface area (Å²) in [5, 5.41) is 12.1. The fraction of sp³-hybridized carbons (Fsp3) is 0.100. The van der Waals surface area contributed by atoms with E-state index in [9.17, 15) is 23.2 Å². The quantitative estimate of drug-likeness (QED) is 0.368. The van der Waals surface area contributed by atoms with E-state index in [-0.39, 0.29) is 5.69 Å². The van der Waals surface area contributed by atoms with Gasteiger partial charge in [-0.1, -0.05) is 36.4 Å². The predicted molar refractivity (Wildman–Crippen MR) is 98.9 cm³/mol. The van der Waals surface area contributed by atoms with Gasteiger partial charge in [0.15, 0.2) is 0 Å². The zero-order valence-corrected chi connectivity index (χ0v) is 15.2. The third-order valence-electron chi connectivity index (χ3n) is 3.84. The molecule has 1 aromatic heterocycles. The normalized spacial score (nSPS) is 12.4. The molecule has 1 heterocycles. The minimum atomic E-state index is -4.50. The minimum Gasteiger partial charge on any atom is -0.325 e. The number of amides is 1. The largest absolute Gasteiger partial charge is 0.416 e. The monoisotopic (exact) mass is 405 g/mol. The first-order valence-corrected chi connectivity index (χ1v) is 9.12. The molecule has 3 aromatic rings. The van der Waals surface area contributed by atoms with Crippen molar-refractivity contribution in [3.8, 4) is 0 Å². The fourth-order valence-electron chi connectivity index (χ4n) is 2.51. The third kappa shape index (κ3) is 4.83. The summed E-state index contributed by atoms with van der Waals surface area (Å²) in [6, 6.07) is 18.3. The van der Waals surface area contributed by atoms with Crippen molar-refractivity contribution < 1.29 is 27.9 Å². The maximum absolute atomic E-state index is 12.9. The molecule has 0 aliphatic carbocycles. The molecular weight excluding hydrogens is 389 g/mol. The molecule has 2 N–H and O–H groups in total. The number of hydrogen-bond donors (Lipinski definition) is 2. The minimum absolute atomic E-state index is 0.0475. The van der Waals surface area contributed by atoms with Gasteiger partial charge in [-0.05, 0) is 41.6 Å². The number of carbonyl (C=O) groups is 1. The molecule has 144 valence electrons. The van der Waals surface area contributed by atoms with Crippen molar-refractivity contribution >= 4 is 23.4 Å². The van der Waals surface area contributed by atoms with Crippen LogP contribution in [0.1, 0.15) is 16.4 Å². The number of nitrogens with zero attached hydrogens (tertiary/aromatic N) is 1. The molecule has 0 saturated carbocycles. The summed E-state index contributed by atoms with van der Waals surface area (Å²) < 4.78 is 39.6. The molecule has 0 bridgehead atoms. The first-order valence-electron chi connectivity index (χ1n) is 8.24. The van der Waals surface area contributed by atoms with E-state index in [0.29, 0.717) is 10.6 Å². The average molecular weight is 405 g/mol. The van der Waals surface area contributed by atoms with E-state index in [2.05, 4.69) is 5.32 Å². The maximum atomic E-state index is 12.9. The van der Waals surface area contributed by atoms with Crippen molar-refractivity contribution in [2.45, 2.75) is 16.5 Å². The Morgan fingerprint density at radius 1 is 1.00 bits per heavy atom. The third-order valence-corrected chi connectivity index (χ3v) is 5.13. The van der Waals surface area contributed by atoms with Crippen LogP contribution in [0.4, 0.5) is 18.9 Å². The van der Waals surface area contributed by atoms with E-state index >= 15 is 0 Å². The number of anilines is 1. The fourth-order valence-corrected chi connectivity index (χ4v) is 3.54. The molecule has 0 aliphatic rings. The maximum Gasteiger partial charge on any atom is 0.416 e. The van der Waals surface area contributed by atoms with E-state index in [4.69, 9.17) is 0 Å². The van der Waals surface area contributed by atoms with Gasteiger partial charge in [0.25, 0.3) is 5.03 Å². The molecule has 0 spiro atoms. The lowest BCUT2D eigenvalue weighted by Gasteiger charge is -2.16. The Bertz CT molecular complexity index is 965. The van der Waals surface area contributed by atoms with Crippen LogP contribution in [-0.2, 0) is 11.0 Å². The second-order valence-electron chi connectivity index (χ2n) is 5.86. The summed E-state index contributed by atoms with van der Waals surface area (Å²) in [6.45, 7) is 0. The molecule has 1 unspecified atom stereocenters. The van der Waals surface area contributed by atoms with Gasteiger partial charge < -0.3 is 5.32 Å². The Hall–Kier alpha value is -3.00. The Balaban J connectivity index is 1.88. The highest BCUT2D eigenvalue weighted by Gasteiger charge is 2.31. The van der Waals surface area contributed by atoms with E-state index in [1.165, 1.54) is 18.3 Å². The molecule has 28 heavy (non-hydrogen) atoms. The van der Waals surface area contributed by atoms with Crippen LogP contribution < -0.4 is 10.0 Å². The zero-order chi connectivity index (χ0) is 20.1. The SMILES string of the molecule is O=C(Nc1cccc(C(F)(F)F)c1)C(Sc1cccc[n+]1O)c1ccccc1. The lowest BCUT2D eigenvalue weighted by molar-refractivity contribution is -0.932. The molecule has 3 rings (SSSR count). The number of benzene rings is 2. The first kappa shape index (κ1) is 19.8. The van der Waals surface area contributed by atoms with Gasteiger partial charge in [-0.3, -0.25) is 10.0 Å². The molecule has 4 nitrogen and oxygen atoms in total. The molecule has 8 heteroatoms. The van der Waals surface area contributed by atoms with Crippen LogP contribution in [0.15, 0.2) is 84.0 Å². The lowest BCUT2D eigenvalue weighted by atomic mass is 10.1. The molecule has 0 radical (unpaired) electrons. The van der Waals surface area contributed by atoms with Gasteiger partial charge in [-0.25, -0.2) is 0 Å². The molecular formula is C20H16F3N2O2S+. The van der Waals surface area contributed by atoms with Crippen molar-refractivity contribution in [1.29, 1.82) is 0 Å². The summed E-state index contributed by atoms with van der Waals surface area (Å²) in [6.07, 6.45) is -3.07. The van der Waals surface area contributed by atoms with Crippen LogP contribution in [0.2, 0.25) is 0 Å². The summed E-state index contributed by atoms with van der Waals surface area (Å²) in [5.41, 5.74) is -0.141. The van der Waals surface area contributed by atoms with Gasteiger partial charge in [0.2, 0.25) is 12.1 Å². The number of carbonyl (C=O) groups excluding carboxylic acids is 1. The van der Waals surface area contributed by atoms with Crippen LogP contribution in [0.25, 0.3) is 0 Å². The van der Waals surface area contributed by atoms with Crippen LogP contribution >= 0.6 is 11.8 Å². The number of thioether (sulfide) groups is 1. The van der Waals surface area contributed by atoms with Crippen molar-refractivity contribution in [1.82, 2.24) is 0 Å². The van der Waals surface area contributed by atoms with Gasteiger partial charge in [0.05, 0.1) is 5.56 Å². The number of rotatable bonds is 5. The molecule has 1 atom stereocenters. The van der Waals surface area contributed by atoms with Gasteiger partial charge in [-0.15, -0.1) is 0 Å². The Morgan fingerprint density at radius 3 is 2.39 bits per heavy atom. The van der Waals surface area contributed by atoms with E-state index in [1.807, 2.05) is 0 Å². The predicted octanol–water partition coefficient (Wildman–Crippen LogP) is 4.70. The highest BCUT2D eigenvalue weighted by atomic mass is 32.2. The smallest absolute Gasteiger partial charge is 0.325 e. The topological polar surface area (TPSA) is 53.2 Å². The van der Waals surface area contributed by atoms with Crippen LogP contribution in [0.5, 0.6) is 0 Å². The summed E-state index contributed by atoms with van der Waals surface area (Å²) >= 11 is 1.08. The first-order chi connectivity index (χ1) is 13.3. The summed E-state index contributed by atoms with van der Waals surface area (Å²) in [5.74, 6) is -0.501. The van der Waals surface area contributed by atoms with Crippen molar-refractivity contribution in [2.24, 2.45) is 0 Å². The molecule has 0 fully saturated rings. The van der Waals surface area contributed by atoms with Crippen molar-refractivity contribution in [3.63, 3.8) is 0 Å². The van der Waals surface area contributed by atoms with Crippen LogP contribution in [-0.4, -0.2) is 11.1 Å². The molecule has 0 aliphatic heterocycles. The van der Waals surface area contributed by atoms with Crippen molar-refractivity contribution in [3.05, 3.63) is 90.1 Å². The average Bonchev–Trinajstić information content (AvgIpc) is 2.67. The van der Waals surface area contributed by atoms with Crippen LogP contribution in [0, 0.1) is 0 Å². The summed E-state index contributed by atoms with van der Waals surface area (Å²) in [7, 11) is 0. The Morgan fingerprint density at radius 2 is 1.71 bits per heavy atom. The number of halogens is 3.